The van der Waals surface area contributed by atoms with E-state index < -0.39 is 11.9 Å². The van der Waals surface area contributed by atoms with Crippen molar-refractivity contribution >= 4 is 34.1 Å². The summed E-state index contributed by atoms with van der Waals surface area (Å²) in [4.78, 5) is 20.8. The highest BCUT2D eigenvalue weighted by Gasteiger charge is 2.01. The first-order valence-corrected chi connectivity index (χ1v) is 4.71. The maximum absolute atomic E-state index is 10.4. The third kappa shape index (κ3) is 5.87. The Morgan fingerprint density at radius 1 is 1.00 bits per heavy atom. The molecule has 0 radical (unpaired) electrons. The van der Waals surface area contributed by atoms with Crippen LogP contribution in [0.2, 0.25) is 0 Å². The van der Waals surface area contributed by atoms with Crippen molar-refractivity contribution in [1.29, 1.82) is 0 Å². The summed E-state index contributed by atoms with van der Waals surface area (Å²) in [5.74, 6) is -1.19. The molecule has 0 saturated carbocycles. The fourth-order valence-corrected chi connectivity index (χ4v) is 1.06. The summed E-state index contributed by atoms with van der Waals surface area (Å²) in [6.45, 7) is 6.34. The van der Waals surface area contributed by atoms with E-state index in [-0.39, 0.29) is 0 Å². The standard InChI is InChI=1S/C6H6O4S2/c1-3-5(7)9-11-12-10-6(8)4-2/h3-4H,1-2H2. The fraction of sp³-hybridized carbons (Fsp3) is 0. The van der Waals surface area contributed by atoms with Crippen molar-refractivity contribution in [3.63, 3.8) is 0 Å². The first-order chi connectivity index (χ1) is 5.70. The first kappa shape index (κ1) is 11.1. The number of hydrogen-bond acceptors (Lipinski definition) is 6. The highest BCUT2D eigenvalue weighted by molar-refractivity contribution is 8.73. The van der Waals surface area contributed by atoms with E-state index in [1.54, 1.807) is 0 Å². The smallest absolute Gasteiger partial charge is 0.343 e. The molecule has 0 aliphatic rings. The van der Waals surface area contributed by atoms with Gasteiger partial charge in [0.15, 0.2) is 22.1 Å². The lowest BCUT2D eigenvalue weighted by molar-refractivity contribution is -0.128. The van der Waals surface area contributed by atoms with Crippen LogP contribution in [0.1, 0.15) is 0 Å². The molecule has 66 valence electrons. The van der Waals surface area contributed by atoms with Gasteiger partial charge < -0.3 is 8.37 Å². The Kier molecular flexibility index (Phi) is 6.31. The summed E-state index contributed by atoms with van der Waals surface area (Å²) in [5, 5.41) is 0. The van der Waals surface area contributed by atoms with Gasteiger partial charge in [-0.05, 0) is 0 Å². The Morgan fingerprint density at radius 2 is 1.33 bits per heavy atom. The quantitative estimate of drug-likeness (QED) is 0.295. The van der Waals surface area contributed by atoms with Crippen LogP contribution in [0.15, 0.2) is 25.3 Å². The van der Waals surface area contributed by atoms with Crippen molar-refractivity contribution in [2.24, 2.45) is 0 Å². The molecular weight excluding hydrogens is 200 g/mol. The maximum Gasteiger partial charge on any atom is 0.343 e. The monoisotopic (exact) mass is 206 g/mol. The van der Waals surface area contributed by atoms with Gasteiger partial charge in [0.05, 0.1) is 0 Å². The van der Waals surface area contributed by atoms with E-state index in [1.165, 1.54) is 0 Å². The molecule has 0 aliphatic heterocycles. The van der Waals surface area contributed by atoms with Crippen molar-refractivity contribution in [2.75, 3.05) is 0 Å². The second-order valence-corrected chi connectivity index (χ2v) is 2.77. The molecule has 0 atom stereocenters. The number of hydrogen-bond donors (Lipinski definition) is 0. The van der Waals surface area contributed by atoms with Crippen LogP contribution >= 0.6 is 22.1 Å². The van der Waals surface area contributed by atoms with Gasteiger partial charge in [-0.2, -0.15) is 0 Å². The summed E-state index contributed by atoms with van der Waals surface area (Å²) in [6, 6.07) is 0. The Hall–Kier alpha value is -0.880. The van der Waals surface area contributed by atoms with Gasteiger partial charge in [0.25, 0.3) is 0 Å². The predicted molar refractivity (Wildman–Crippen MR) is 47.8 cm³/mol. The molecule has 6 heteroatoms. The first-order valence-electron chi connectivity index (χ1n) is 2.71. The Labute approximate surface area is 77.8 Å². The molecule has 0 aliphatic carbocycles. The second-order valence-electron chi connectivity index (χ2n) is 1.35. The Bertz CT molecular complexity index is 180. The second kappa shape index (κ2) is 6.81. The van der Waals surface area contributed by atoms with Gasteiger partial charge in [-0.3, -0.25) is 0 Å². The van der Waals surface area contributed by atoms with E-state index in [2.05, 4.69) is 21.5 Å². The topological polar surface area (TPSA) is 52.6 Å². The molecule has 0 fully saturated rings. The van der Waals surface area contributed by atoms with E-state index in [4.69, 9.17) is 0 Å². The summed E-state index contributed by atoms with van der Waals surface area (Å²) in [5.41, 5.74) is 0. The van der Waals surface area contributed by atoms with Crippen LogP contribution in [-0.2, 0) is 18.0 Å². The summed E-state index contributed by atoms with van der Waals surface area (Å²) < 4.78 is 8.79. The molecule has 12 heavy (non-hydrogen) atoms. The minimum atomic E-state index is -0.595. The summed E-state index contributed by atoms with van der Waals surface area (Å²) in [6.07, 6.45) is 2.01. The molecule has 0 saturated heterocycles. The fourth-order valence-electron chi connectivity index (χ4n) is 0.163. The Balaban J connectivity index is 3.32. The molecule has 0 aromatic heterocycles. The Morgan fingerprint density at radius 3 is 1.58 bits per heavy atom. The van der Waals surface area contributed by atoms with E-state index in [0.29, 0.717) is 22.1 Å². The number of carbonyl (C=O) groups excluding carboxylic acids is 2. The molecular formula is C6H6O4S2. The average molecular weight is 206 g/mol. The van der Waals surface area contributed by atoms with E-state index in [0.717, 1.165) is 12.2 Å². The SMILES string of the molecule is C=CC(=O)OSSOC(=O)C=C. The van der Waals surface area contributed by atoms with Crippen LogP contribution < -0.4 is 0 Å². The summed E-state index contributed by atoms with van der Waals surface area (Å²) in [7, 11) is 0. The zero-order valence-corrected chi connectivity index (χ0v) is 7.65. The predicted octanol–water partition coefficient (Wildman–Crippen LogP) is 1.66. The maximum atomic E-state index is 10.4. The number of carbonyl (C=O) groups is 2. The number of rotatable bonds is 5. The lowest BCUT2D eigenvalue weighted by Gasteiger charge is -1.96. The van der Waals surface area contributed by atoms with Gasteiger partial charge in [-0.1, -0.05) is 13.2 Å². The van der Waals surface area contributed by atoms with Crippen LogP contribution in [-0.4, -0.2) is 11.9 Å². The van der Waals surface area contributed by atoms with Crippen LogP contribution in [0.5, 0.6) is 0 Å². The third-order valence-electron chi connectivity index (χ3n) is 0.593. The highest BCUT2D eigenvalue weighted by atomic mass is 33.1. The normalized spacial score (nSPS) is 8.33. The summed E-state index contributed by atoms with van der Waals surface area (Å²) >= 11 is 1.27. The molecule has 0 aromatic rings. The van der Waals surface area contributed by atoms with Crippen LogP contribution in [0, 0.1) is 0 Å². The van der Waals surface area contributed by atoms with Crippen LogP contribution in [0.4, 0.5) is 0 Å². The van der Waals surface area contributed by atoms with E-state index in [1.807, 2.05) is 0 Å². The zero-order chi connectivity index (χ0) is 9.40. The molecule has 0 spiro atoms. The lowest BCUT2D eigenvalue weighted by atomic mass is 10.7. The van der Waals surface area contributed by atoms with Crippen LogP contribution in [0.3, 0.4) is 0 Å². The molecule has 0 rings (SSSR count). The van der Waals surface area contributed by atoms with E-state index in [9.17, 15) is 9.59 Å². The largest absolute Gasteiger partial charge is 0.373 e. The van der Waals surface area contributed by atoms with E-state index >= 15 is 0 Å². The molecule has 0 amide bonds. The van der Waals surface area contributed by atoms with Crippen LogP contribution in [0.25, 0.3) is 0 Å². The molecule has 0 bridgehead atoms. The van der Waals surface area contributed by atoms with Gasteiger partial charge in [-0.15, -0.1) is 0 Å². The van der Waals surface area contributed by atoms with Crippen molar-refractivity contribution in [1.82, 2.24) is 0 Å². The van der Waals surface area contributed by atoms with Gasteiger partial charge >= 0.3 is 11.9 Å². The van der Waals surface area contributed by atoms with Crippen molar-refractivity contribution in [2.45, 2.75) is 0 Å². The van der Waals surface area contributed by atoms with Gasteiger partial charge in [0, 0.05) is 12.2 Å². The van der Waals surface area contributed by atoms with Crippen molar-refractivity contribution in [3.05, 3.63) is 25.3 Å². The van der Waals surface area contributed by atoms with Gasteiger partial charge in [0.1, 0.15) is 0 Å². The highest BCUT2D eigenvalue weighted by Crippen LogP contribution is 2.23. The molecule has 0 N–H and O–H groups in total. The third-order valence-corrected chi connectivity index (χ3v) is 1.69. The van der Waals surface area contributed by atoms with Crippen molar-refractivity contribution in [3.8, 4) is 0 Å². The molecule has 0 unspecified atom stereocenters. The van der Waals surface area contributed by atoms with Crippen molar-refractivity contribution < 1.29 is 18.0 Å². The minimum Gasteiger partial charge on any atom is -0.373 e. The zero-order valence-electron chi connectivity index (χ0n) is 6.02. The average Bonchev–Trinajstić information content (AvgIpc) is 2.11. The van der Waals surface area contributed by atoms with Gasteiger partial charge in [-0.25, -0.2) is 9.59 Å². The minimum absolute atomic E-state index is 0.595. The lowest BCUT2D eigenvalue weighted by Crippen LogP contribution is -1.92. The molecule has 0 heterocycles. The van der Waals surface area contributed by atoms with Gasteiger partial charge in [0.2, 0.25) is 0 Å². The molecule has 0 aromatic carbocycles. The molecule has 4 nitrogen and oxygen atoms in total.